The number of rotatable bonds is 8. The van der Waals surface area contributed by atoms with Gasteiger partial charge in [0.1, 0.15) is 19.8 Å². The molecule has 0 atom stereocenters. The van der Waals surface area contributed by atoms with E-state index in [2.05, 4.69) is 15.6 Å². The predicted molar refractivity (Wildman–Crippen MR) is 108 cm³/mol. The van der Waals surface area contributed by atoms with Gasteiger partial charge < -0.3 is 29.8 Å². The van der Waals surface area contributed by atoms with E-state index in [0.29, 0.717) is 41.3 Å². The maximum Gasteiger partial charge on any atom is 0.240 e. The van der Waals surface area contributed by atoms with Crippen molar-refractivity contribution >= 4 is 29.3 Å². The molecule has 2 amide bonds. The van der Waals surface area contributed by atoms with Crippen LogP contribution in [-0.2, 0) is 22.7 Å². The predicted octanol–water partition coefficient (Wildman–Crippen LogP) is 1.40. The number of aliphatic hydroxyl groups is 1. The van der Waals surface area contributed by atoms with Gasteiger partial charge in [-0.3, -0.25) is 9.59 Å². The molecule has 1 aliphatic rings. The fraction of sp³-hybridized carbons (Fsp3) is 0.421. The van der Waals surface area contributed by atoms with Crippen molar-refractivity contribution in [1.29, 1.82) is 0 Å². The summed E-state index contributed by atoms with van der Waals surface area (Å²) in [4.78, 5) is 28.7. The number of nitrogens with zero attached hydrogens (tertiary/aromatic N) is 2. The minimum Gasteiger partial charge on any atom is -0.486 e. The number of benzene rings is 1. The highest BCUT2D eigenvalue weighted by Crippen LogP contribution is 2.32. The van der Waals surface area contributed by atoms with Crippen LogP contribution in [0.15, 0.2) is 29.6 Å². The van der Waals surface area contributed by atoms with E-state index in [0.717, 1.165) is 0 Å². The number of hydrogen-bond donors (Lipinski definition) is 3. The summed E-state index contributed by atoms with van der Waals surface area (Å²) in [6.07, 6.45) is 1.50. The summed E-state index contributed by atoms with van der Waals surface area (Å²) in [6, 6.07) is 5.23. The molecule has 9 nitrogen and oxygen atoms in total. The van der Waals surface area contributed by atoms with E-state index >= 15 is 0 Å². The van der Waals surface area contributed by atoms with E-state index in [4.69, 9.17) is 9.47 Å². The molecule has 0 saturated heterocycles. The molecule has 156 valence electrons. The first kappa shape index (κ1) is 21.0. The van der Waals surface area contributed by atoms with Gasteiger partial charge in [0.2, 0.25) is 11.8 Å². The summed E-state index contributed by atoms with van der Waals surface area (Å²) in [5.74, 6) is 0.943. The molecule has 2 heterocycles. The maximum atomic E-state index is 12.3. The van der Waals surface area contributed by atoms with Crippen molar-refractivity contribution in [3.05, 3.63) is 30.1 Å². The second-order valence-corrected chi connectivity index (χ2v) is 7.64. The highest BCUT2D eigenvalue weighted by atomic mass is 32.2. The number of aliphatic hydroxyl groups excluding tert-OH is 1. The molecule has 3 N–H and O–H groups in total. The zero-order chi connectivity index (χ0) is 20.8. The number of imidazole rings is 1. The number of ether oxygens (including phenoxy) is 2. The number of fused-ring (bicyclic) bond motifs is 1. The normalized spacial score (nSPS) is 12.7. The second-order valence-electron chi connectivity index (χ2n) is 6.69. The molecule has 0 fully saturated rings. The van der Waals surface area contributed by atoms with E-state index in [1.54, 1.807) is 22.8 Å². The van der Waals surface area contributed by atoms with Crippen molar-refractivity contribution in [2.24, 2.45) is 0 Å². The van der Waals surface area contributed by atoms with Gasteiger partial charge in [-0.25, -0.2) is 4.98 Å². The van der Waals surface area contributed by atoms with Gasteiger partial charge in [0.15, 0.2) is 16.7 Å². The standard InChI is InChI=1S/C19H24N4O5S/c1-12(2)21-17(25)9-23-14(10-24)8-20-19(23)29-11-18(26)22-13-3-4-15-16(7-13)28-6-5-27-15/h3-4,7-8,12,24H,5-6,9-11H2,1-2H3,(H,21,25)(H,22,26). The quantitative estimate of drug-likeness (QED) is 0.553. The average molecular weight is 420 g/mol. The van der Waals surface area contributed by atoms with Crippen molar-refractivity contribution in [2.45, 2.75) is 38.2 Å². The lowest BCUT2D eigenvalue weighted by atomic mass is 10.2. The van der Waals surface area contributed by atoms with Crippen LogP contribution >= 0.6 is 11.8 Å². The molecule has 1 aromatic carbocycles. The number of aromatic nitrogens is 2. The monoisotopic (exact) mass is 420 g/mol. The Morgan fingerprint density at radius 3 is 2.72 bits per heavy atom. The number of hydrogen-bond acceptors (Lipinski definition) is 7. The van der Waals surface area contributed by atoms with E-state index < -0.39 is 0 Å². The first-order valence-electron chi connectivity index (χ1n) is 9.23. The van der Waals surface area contributed by atoms with Gasteiger partial charge >= 0.3 is 0 Å². The zero-order valence-electron chi connectivity index (χ0n) is 16.3. The highest BCUT2D eigenvalue weighted by molar-refractivity contribution is 7.99. The Bertz CT molecular complexity index is 883. The van der Waals surface area contributed by atoms with Crippen molar-refractivity contribution in [1.82, 2.24) is 14.9 Å². The molecule has 1 aromatic heterocycles. The molecule has 1 aliphatic heterocycles. The largest absolute Gasteiger partial charge is 0.486 e. The summed E-state index contributed by atoms with van der Waals surface area (Å²) in [5, 5.41) is 15.6. The molecule has 0 radical (unpaired) electrons. The molecule has 2 aromatic rings. The van der Waals surface area contributed by atoms with E-state index in [-0.39, 0.29) is 36.8 Å². The van der Waals surface area contributed by atoms with Crippen molar-refractivity contribution in [2.75, 3.05) is 24.3 Å². The summed E-state index contributed by atoms with van der Waals surface area (Å²) < 4.78 is 12.6. The van der Waals surface area contributed by atoms with Crippen molar-refractivity contribution in [3.8, 4) is 11.5 Å². The zero-order valence-corrected chi connectivity index (χ0v) is 17.1. The van der Waals surface area contributed by atoms with Crippen molar-refractivity contribution in [3.63, 3.8) is 0 Å². The fourth-order valence-electron chi connectivity index (χ4n) is 2.76. The first-order chi connectivity index (χ1) is 14.0. The molecule has 0 bridgehead atoms. The lowest BCUT2D eigenvalue weighted by molar-refractivity contribution is -0.122. The number of carbonyl (C=O) groups excluding carboxylic acids is 2. The SMILES string of the molecule is CC(C)NC(=O)Cn1c(CO)cnc1SCC(=O)Nc1ccc2c(c1)OCCO2. The van der Waals surface area contributed by atoms with Gasteiger partial charge in [0, 0.05) is 17.8 Å². The molecule has 29 heavy (non-hydrogen) atoms. The van der Waals surface area contributed by atoms with E-state index in [9.17, 15) is 14.7 Å². The third-order valence-corrected chi connectivity index (χ3v) is 4.96. The van der Waals surface area contributed by atoms with Gasteiger partial charge in [-0.15, -0.1) is 0 Å². The number of amides is 2. The maximum absolute atomic E-state index is 12.3. The van der Waals surface area contributed by atoms with Gasteiger partial charge in [-0.1, -0.05) is 11.8 Å². The second kappa shape index (κ2) is 9.66. The third-order valence-electron chi connectivity index (χ3n) is 3.97. The Kier molecular flexibility index (Phi) is 6.99. The van der Waals surface area contributed by atoms with Crippen LogP contribution in [0.5, 0.6) is 11.5 Å². The molecular weight excluding hydrogens is 396 g/mol. The minimum absolute atomic E-state index is 0.0106. The van der Waals surface area contributed by atoms with Gasteiger partial charge in [-0.05, 0) is 26.0 Å². The molecule has 0 spiro atoms. The number of thioether (sulfide) groups is 1. The Balaban J connectivity index is 1.60. The lowest BCUT2D eigenvalue weighted by Crippen LogP contribution is -2.33. The molecule has 0 aliphatic carbocycles. The number of anilines is 1. The van der Waals surface area contributed by atoms with Crippen LogP contribution in [0.4, 0.5) is 5.69 Å². The summed E-state index contributed by atoms with van der Waals surface area (Å²) in [7, 11) is 0. The topological polar surface area (TPSA) is 115 Å². The Morgan fingerprint density at radius 1 is 1.24 bits per heavy atom. The molecule has 0 unspecified atom stereocenters. The summed E-state index contributed by atoms with van der Waals surface area (Å²) in [6.45, 7) is 4.51. The van der Waals surface area contributed by atoms with Gasteiger partial charge in [0.05, 0.1) is 24.3 Å². The Morgan fingerprint density at radius 2 is 2.00 bits per heavy atom. The van der Waals surface area contributed by atoms with Crippen LogP contribution in [0.3, 0.4) is 0 Å². The fourth-order valence-corrected chi connectivity index (χ4v) is 3.56. The molecule has 10 heteroatoms. The van der Waals surface area contributed by atoms with Crippen LogP contribution < -0.4 is 20.1 Å². The van der Waals surface area contributed by atoms with Crippen LogP contribution in [-0.4, -0.2) is 51.5 Å². The number of carbonyl (C=O) groups is 2. The average Bonchev–Trinajstić information content (AvgIpc) is 3.07. The van der Waals surface area contributed by atoms with Crippen LogP contribution in [0, 0.1) is 0 Å². The van der Waals surface area contributed by atoms with Gasteiger partial charge in [0.25, 0.3) is 0 Å². The van der Waals surface area contributed by atoms with Crippen LogP contribution in [0.25, 0.3) is 0 Å². The Labute approximate surface area is 172 Å². The van der Waals surface area contributed by atoms with E-state index in [1.165, 1.54) is 18.0 Å². The number of nitrogens with one attached hydrogen (secondary N) is 2. The van der Waals surface area contributed by atoms with Gasteiger partial charge in [-0.2, -0.15) is 0 Å². The molecule has 0 saturated carbocycles. The smallest absolute Gasteiger partial charge is 0.240 e. The summed E-state index contributed by atoms with van der Waals surface area (Å²) in [5.41, 5.74) is 1.12. The van der Waals surface area contributed by atoms with Crippen molar-refractivity contribution < 1.29 is 24.2 Å². The third kappa shape index (κ3) is 5.64. The Hall–Kier alpha value is -2.72. The molecule has 3 rings (SSSR count). The molecular formula is C19H24N4O5S. The first-order valence-corrected chi connectivity index (χ1v) is 10.2. The lowest BCUT2D eigenvalue weighted by Gasteiger charge is -2.19. The summed E-state index contributed by atoms with van der Waals surface area (Å²) >= 11 is 1.19. The van der Waals surface area contributed by atoms with E-state index in [1.807, 2.05) is 13.8 Å². The highest BCUT2D eigenvalue weighted by Gasteiger charge is 2.16. The minimum atomic E-state index is -0.244. The van der Waals surface area contributed by atoms with Crippen LogP contribution in [0.1, 0.15) is 19.5 Å². The van der Waals surface area contributed by atoms with Crippen LogP contribution in [0.2, 0.25) is 0 Å².